The monoisotopic (exact) mass is 269 g/mol. The lowest BCUT2D eigenvalue weighted by Gasteiger charge is -2.19. The molecule has 0 aromatic rings. The van der Waals surface area contributed by atoms with Gasteiger partial charge < -0.3 is 5.32 Å². The second-order valence-corrected chi connectivity index (χ2v) is 4.84. The van der Waals surface area contributed by atoms with Gasteiger partial charge in [0.05, 0.1) is 0 Å². The molecule has 11 heavy (non-hydrogen) atoms. The Labute approximate surface area is 82.3 Å². The predicted octanol–water partition coefficient (Wildman–Crippen LogP) is 2.12. The summed E-state index contributed by atoms with van der Waals surface area (Å²) in [6.07, 6.45) is 1.63. The average Bonchev–Trinajstić information content (AvgIpc) is 1.78. The molecule has 0 unspecified atom stereocenters. The molecule has 0 rings (SSSR count). The number of halogens is 1. The maximum atomic E-state index is 10.5. The van der Waals surface area contributed by atoms with Gasteiger partial charge in [0.1, 0.15) is 0 Å². The maximum absolute atomic E-state index is 10.5. The Morgan fingerprint density at radius 2 is 2.00 bits per heavy atom. The zero-order valence-corrected chi connectivity index (χ0v) is 9.57. The first-order chi connectivity index (χ1) is 4.92. The normalized spacial score (nSPS) is 11.6. The maximum Gasteiger partial charge on any atom is 0.192 e. The van der Waals surface area contributed by atoms with Gasteiger partial charge in [-0.25, -0.2) is 0 Å². The SMILES string of the molecule is CC(C)(C)NCCCC(=O)I. The highest BCUT2D eigenvalue weighted by molar-refractivity contribution is 14.1. The topological polar surface area (TPSA) is 29.1 Å². The molecular formula is C8H16INO. The fourth-order valence-corrected chi connectivity index (χ4v) is 1.07. The summed E-state index contributed by atoms with van der Waals surface area (Å²) in [5, 5.41) is 3.32. The zero-order chi connectivity index (χ0) is 8.91. The van der Waals surface area contributed by atoms with Crippen LogP contribution in [-0.4, -0.2) is 15.9 Å². The third-order valence-corrected chi connectivity index (χ3v) is 1.74. The molecule has 0 aliphatic carbocycles. The largest absolute Gasteiger partial charge is 0.312 e. The van der Waals surface area contributed by atoms with E-state index in [2.05, 4.69) is 26.1 Å². The fraction of sp³-hybridized carbons (Fsp3) is 0.875. The fourth-order valence-electron chi connectivity index (χ4n) is 0.691. The van der Waals surface area contributed by atoms with Gasteiger partial charge in [0.15, 0.2) is 3.79 Å². The molecule has 0 heterocycles. The molecule has 0 fully saturated rings. The van der Waals surface area contributed by atoms with Crippen LogP contribution in [0.2, 0.25) is 0 Å². The summed E-state index contributed by atoms with van der Waals surface area (Å²) in [5.41, 5.74) is 0.175. The molecule has 0 bridgehead atoms. The van der Waals surface area contributed by atoms with E-state index < -0.39 is 0 Å². The summed E-state index contributed by atoms with van der Waals surface area (Å²) in [7, 11) is 0. The van der Waals surface area contributed by atoms with Crippen molar-refractivity contribution in [1.82, 2.24) is 5.32 Å². The number of nitrogens with one attached hydrogen (secondary N) is 1. The van der Waals surface area contributed by atoms with Crippen LogP contribution >= 0.6 is 22.6 Å². The molecule has 2 nitrogen and oxygen atoms in total. The van der Waals surface area contributed by atoms with Crippen molar-refractivity contribution in [1.29, 1.82) is 0 Å². The van der Waals surface area contributed by atoms with Crippen molar-refractivity contribution in [2.45, 2.75) is 39.2 Å². The van der Waals surface area contributed by atoms with Crippen molar-refractivity contribution in [3.8, 4) is 0 Å². The van der Waals surface area contributed by atoms with Crippen LogP contribution in [0.3, 0.4) is 0 Å². The van der Waals surface area contributed by atoms with E-state index in [4.69, 9.17) is 0 Å². The molecule has 0 saturated heterocycles. The van der Waals surface area contributed by atoms with Crippen molar-refractivity contribution in [2.24, 2.45) is 0 Å². The van der Waals surface area contributed by atoms with Gasteiger partial charge in [-0.1, -0.05) is 0 Å². The van der Waals surface area contributed by atoms with E-state index >= 15 is 0 Å². The van der Waals surface area contributed by atoms with Crippen LogP contribution in [0.1, 0.15) is 33.6 Å². The van der Waals surface area contributed by atoms with E-state index in [1.807, 2.05) is 22.6 Å². The lowest BCUT2D eigenvalue weighted by molar-refractivity contribution is -0.109. The number of hydrogen-bond acceptors (Lipinski definition) is 2. The molecule has 66 valence electrons. The van der Waals surface area contributed by atoms with Gasteiger partial charge in [-0.3, -0.25) is 4.79 Å². The number of carbonyl (C=O) groups is 1. The Morgan fingerprint density at radius 3 is 2.36 bits per heavy atom. The van der Waals surface area contributed by atoms with Crippen molar-refractivity contribution >= 4 is 26.4 Å². The molecule has 0 aromatic carbocycles. The van der Waals surface area contributed by atoms with E-state index in [-0.39, 0.29) is 9.33 Å². The molecule has 0 amide bonds. The zero-order valence-electron chi connectivity index (χ0n) is 7.41. The van der Waals surface area contributed by atoms with E-state index in [1.54, 1.807) is 0 Å². The highest BCUT2D eigenvalue weighted by Crippen LogP contribution is 2.01. The second-order valence-electron chi connectivity index (χ2n) is 3.64. The minimum Gasteiger partial charge on any atom is -0.312 e. The Kier molecular flexibility index (Phi) is 5.25. The van der Waals surface area contributed by atoms with Gasteiger partial charge in [0, 0.05) is 12.0 Å². The first-order valence-corrected chi connectivity index (χ1v) is 4.93. The van der Waals surface area contributed by atoms with E-state index in [1.165, 1.54) is 0 Å². The molecule has 0 aliphatic heterocycles. The number of carbonyl (C=O) groups excluding carboxylic acids is 1. The summed E-state index contributed by atoms with van der Waals surface area (Å²) in [6.45, 7) is 7.30. The lowest BCUT2D eigenvalue weighted by Crippen LogP contribution is -2.36. The van der Waals surface area contributed by atoms with Gasteiger partial charge in [-0.2, -0.15) is 0 Å². The summed E-state index contributed by atoms with van der Waals surface area (Å²) >= 11 is 1.84. The first kappa shape index (κ1) is 11.4. The molecule has 0 aliphatic rings. The highest BCUT2D eigenvalue weighted by atomic mass is 127. The molecule has 0 atom stereocenters. The second kappa shape index (κ2) is 5.09. The van der Waals surface area contributed by atoms with Crippen LogP contribution in [0.25, 0.3) is 0 Å². The minimum absolute atomic E-state index is 0.175. The smallest absolute Gasteiger partial charge is 0.192 e. The molecule has 3 heteroatoms. The van der Waals surface area contributed by atoms with Crippen molar-refractivity contribution in [3.05, 3.63) is 0 Å². The summed E-state index contributed by atoms with van der Waals surface area (Å²) in [5.74, 6) is 0. The van der Waals surface area contributed by atoms with E-state index in [0.717, 1.165) is 13.0 Å². The number of hydrogen-bond donors (Lipinski definition) is 1. The highest BCUT2D eigenvalue weighted by Gasteiger charge is 2.07. The Morgan fingerprint density at radius 1 is 1.45 bits per heavy atom. The Balaban J connectivity index is 3.22. The summed E-state index contributed by atoms with van der Waals surface area (Å²) in [6, 6.07) is 0. The van der Waals surface area contributed by atoms with E-state index in [9.17, 15) is 4.79 Å². The Bertz CT molecular complexity index is 129. The van der Waals surface area contributed by atoms with Crippen LogP contribution in [-0.2, 0) is 4.79 Å². The number of rotatable bonds is 4. The summed E-state index contributed by atoms with van der Waals surface area (Å²) < 4.78 is 0.248. The van der Waals surface area contributed by atoms with Crippen LogP contribution in [0.5, 0.6) is 0 Å². The van der Waals surface area contributed by atoms with Crippen LogP contribution in [0.4, 0.5) is 0 Å². The first-order valence-electron chi connectivity index (χ1n) is 3.85. The van der Waals surface area contributed by atoms with E-state index in [0.29, 0.717) is 6.42 Å². The van der Waals surface area contributed by atoms with Crippen molar-refractivity contribution in [2.75, 3.05) is 6.54 Å². The average molecular weight is 269 g/mol. The molecule has 1 N–H and O–H groups in total. The van der Waals surface area contributed by atoms with Crippen LogP contribution in [0.15, 0.2) is 0 Å². The van der Waals surface area contributed by atoms with Crippen LogP contribution in [0, 0.1) is 0 Å². The predicted molar refractivity (Wildman–Crippen MR) is 56.0 cm³/mol. The van der Waals surface area contributed by atoms with Gasteiger partial charge in [0.2, 0.25) is 0 Å². The molecule has 0 radical (unpaired) electrons. The quantitative estimate of drug-likeness (QED) is 0.481. The summed E-state index contributed by atoms with van der Waals surface area (Å²) in [4.78, 5) is 10.5. The van der Waals surface area contributed by atoms with Gasteiger partial charge in [-0.05, 0) is 56.3 Å². The van der Waals surface area contributed by atoms with Crippen molar-refractivity contribution in [3.63, 3.8) is 0 Å². The molecular weight excluding hydrogens is 253 g/mol. The standard InChI is InChI=1S/C8H16INO/c1-8(2,3)10-6-4-5-7(9)11/h10H,4-6H2,1-3H3. The Hall–Kier alpha value is 0.360. The minimum atomic E-state index is 0.175. The van der Waals surface area contributed by atoms with Crippen molar-refractivity contribution < 1.29 is 4.79 Å². The van der Waals surface area contributed by atoms with Crippen LogP contribution < -0.4 is 5.32 Å². The van der Waals surface area contributed by atoms with Gasteiger partial charge >= 0.3 is 0 Å². The lowest BCUT2D eigenvalue weighted by atomic mass is 10.1. The molecule has 0 spiro atoms. The molecule has 0 aromatic heterocycles. The third-order valence-electron chi connectivity index (χ3n) is 1.21. The van der Waals surface area contributed by atoms with Gasteiger partial charge in [0.25, 0.3) is 0 Å². The molecule has 0 saturated carbocycles. The third kappa shape index (κ3) is 10.4. The van der Waals surface area contributed by atoms with Gasteiger partial charge in [-0.15, -0.1) is 0 Å².